The van der Waals surface area contributed by atoms with Crippen LogP contribution in [0.15, 0.2) is 24.3 Å². The third kappa shape index (κ3) is 6.25. The Kier molecular flexibility index (Phi) is 5.36. The van der Waals surface area contributed by atoms with E-state index >= 15 is 0 Å². The lowest BCUT2D eigenvalue weighted by Crippen LogP contribution is -2.36. The summed E-state index contributed by atoms with van der Waals surface area (Å²) >= 11 is 0. The van der Waals surface area contributed by atoms with Crippen molar-refractivity contribution in [1.29, 1.82) is 0 Å². The maximum Gasteiger partial charge on any atom is 0.281 e. The van der Waals surface area contributed by atoms with Gasteiger partial charge in [0.15, 0.2) is 6.61 Å². The van der Waals surface area contributed by atoms with E-state index in [1.165, 1.54) is 5.56 Å². The SMILES string of the molecule is CC(C)c1cccc(OCC(=O)NOC(C)(C)C)c1. The molecule has 19 heavy (non-hydrogen) atoms. The summed E-state index contributed by atoms with van der Waals surface area (Å²) in [6.07, 6.45) is 0. The molecule has 0 spiro atoms. The van der Waals surface area contributed by atoms with Crippen LogP contribution in [0.2, 0.25) is 0 Å². The number of carbonyl (C=O) groups is 1. The van der Waals surface area contributed by atoms with Crippen molar-refractivity contribution in [3.8, 4) is 5.75 Å². The van der Waals surface area contributed by atoms with Crippen LogP contribution in [-0.4, -0.2) is 18.1 Å². The molecular formula is C15H23NO3. The largest absolute Gasteiger partial charge is 0.484 e. The summed E-state index contributed by atoms with van der Waals surface area (Å²) in [6.45, 7) is 9.75. The first-order valence-electron chi connectivity index (χ1n) is 6.47. The summed E-state index contributed by atoms with van der Waals surface area (Å²) in [5, 5.41) is 0. The summed E-state index contributed by atoms with van der Waals surface area (Å²) in [6, 6.07) is 7.75. The second-order valence-electron chi connectivity index (χ2n) is 5.76. The lowest BCUT2D eigenvalue weighted by molar-refractivity contribution is -0.147. The van der Waals surface area contributed by atoms with Gasteiger partial charge >= 0.3 is 0 Å². The predicted octanol–water partition coefficient (Wildman–Crippen LogP) is 3.04. The molecule has 0 heterocycles. The maximum atomic E-state index is 11.5. The van der Waals surface area contributed by atoms with Crippen molar-refractivity contribution < 1.29 is 14.4 Å². The van der Waals surface area contributed by atoms with Crippen LogP contribution in [0.3, 0.4) is 0 Å². The lowest BCUT2D eigenvalue weighted by Gasteiger charge is -2.19. The molecule has 0 bridgehead atoms. The average molecular weight is 265 g/mol. The van der Waals surface area contributed by atoms with Crippen LogP contribution >= 0.6 is 0 Å². The van der Waals surface area contributed by atoms with E-state index in [0.29, 0.717) is 11.7 Å². The standard InChI is InChI=1S/C15H23NO3/c1-11(2)12-7-6-8-13(9-12)18-10-14(17)16-19-15(3,4)5/h6-9,11H,10H2,1-5H3,(H,16,17). The molecule has 1 rings (SSSR count). The number of rotatable bonds is 5. The van der Waals surface area contributed by atoms with Crippen LogP contribution in [0, 0.1) is 0 Å². The van der Waals surface area contributed by atoms with Gasteiger partial charge in [-0.25, -0.2) is 5.48 Å². The van der Waals surface area contributed by atoms with Crippen LogP contribution in [0.1, 0.15) is 46.1 Å². The third-order valence-electron chi connectivity index (χ3n) is 2.37. The van der Waals surface area contributed by atoms with Crippen molar-refractivity contribution in [2.75, 3.05) is 6.61 Å². The van der Waals surface area contributed by atoms with E-state index in [1.807, 2.05) is 45.0 Å². The molecule has 0 radical (unpaired) electrons. The highest BCUT2D eigenvalue weighted by Crippen LogP contribution is 2.19. The maximum absolute atomic E-state index is 11.5. The Morgan fingerprint density at radius 3 is 2.58 bits per heavy atom. The van der Waals surface area contributed by atoms with Gasteiger partial charge in [0.1, 0.15) is 5.75 Å². The smallest absolute Gasteiger partial charge is 0.281 e. The summed E-state index contributed by atoms with van der Waals surface area (Å²) < 4.78 is 5.43. The van der Waals surface area contributed by atoms with Crippen molar-refractivity contribution in [3.63, 3.8) is 0 Å². The van der Waals surface area contributed by atoms with Gasteiger partial charge in [0.25, 0.3) is 5.91 Å². The van der Waals surface area contributed by atoms with Gasteiger partial charge in [0.2, 0.25) is 0 Å². The van der Waals surface area contributed by atoms with Crippen molar-refractivity contribution in [3.05, 3.63) is 29.8 Å². The minimum absolute atomic E-state index is 0.0579. The second kappa shape index (κ2) is 6.57. The van der Waals surface area contributed by atoms with Crippen LogP contribution in [0.25, 0.3) is 0 Å². The van der Waals surface area contributed by atoms with Gasteiger partial charge in [-0.15, -0.1) is 0 Å². The van der Waals surface area contributed by atoms with Gasteiger partial charge in [-0.05, 0) is 44.4 Å². The molecule has 1 N–H and O–H groups in total. The highest BCUT2D eigenvalue weighted by atomic mass is 16.7. The van der Waals surface area contributed by atoms with Crippen LogP contribution in [0.4, 0.5) is 0 Å². The first kappa shape index (κ1) is 15.5. The number of hydrogen-bond donors (Lipinski definition) is 1. The van der Waals surface area contributed by atoms with E-state index in [9.17, 15) is 4.79 Å². The number of hydrogen-bond acceptors (Lipinski definition) is 3. The molecule has 1 aromatic carbocycles. The molecule has 1 amide bonds. The van der Waals surface area contributed by atoms with Crippen LogP contribution in [0.5, 0.6) is 5.75 Å². The number of carbonyl (C=O) groups excluding carboxylic acids is 1. The van der Waals surface area contributed by atoms with Crippen LogP contribution < -0.4 is 10.2 Å². The van der Waals surface area contributed by atoms with E-state index < -0.39 is 5.60 Å². The lowest BCUT2D eigenvalue weighted by atomic mass is 10.0. The number of nitrogens with one attached hydrogen (secondary N) is 1. The highest BCUT2D eigenvalue weighted by molar-refractivity contribution is 5.76. The fourth-order valence-electron chi connectivity index (χ4n) is 1.35. The van der Waals surface area contributed by atoms with Gasteiger partial charge in [-0.1, -0.05) is 26.0 Å². The quantitative estimate of drug-likeness (QED) is 0.832. The molecule has 0 saturated carbocycles. The fraction of sp³-hybridized carbons (Fsp3) is 0.533. The zero-order chi connectivity index (χ0) is 14.5. The first-order valence-corrected chi connectivity index (χ1v) is 6.47. The normalized spacial score (nSPS) is 11.5. The Morgan fingerprint density at radius 1 is 1.32 bits per heavy atom. The molecule has 0 aliphatic carbocycles. The molecule has 4 nitrogen and oxygen atoms in total. The van der Waals surface area contributed by atoms with Crippen LogP contribution in [-0.2, 0) is 9.63 Å². The predicted molar refractivity (Wildman–Crippen MR) is 75.0 cm³/mol. The number of amides is 1. The Bertz CT molecular complexity index is 422. The second-order valence-corrected chi connectivity index (χ2v) is 5.76. The molecule has 0 atom stereocenters. The molecule has 4 heteroatoms. The zero-order valence-corrected chi connectivity index (χ0v) is 12.3. The third-order valence-corrected chi connectivity index (χ3v) is 2.37. The molecule has 0 saturated heterocycles. The Balaban J connectivity index is 2.44. The molecule has 0 unspecified atom stereocenters. The summed E-state index contributed by atoms with van der Waals surface area (Å²) in [4.78, 5) is 16.7. The van der Waals surface area contributed by atoms with E-state index in [1.54, 1.807) is 0 Å². The van der Waals surface area contributed by atoms with Gasteiger partial charge in [-0.3, -0.25) is 9.63 Å². The van der Waals surface area contributed by atoms with Gasteiger partial charge < -0.3 is 4.74 Å². The fourth-order valence-corrected chi connectivity index (χ4v) is 1.35. The Morgan fingerprint density at radius 2 is 2.00 bits per heavy atom. The summed E-state index contributed by atoms with van der Waals surface area (Å²) in [5.74, 6) is 0.823. The van der Waals surface area contributed by atoms with E-state index in [-0.39, 0.29) is 12.5 Å². The molecule has 0 aromatic heterocycles. The number of ether oxygens (including phenoxy) is 1. The van der Waals surface area contributed by atoms with Crippen molar-refractivity contribution in [1.82, 2.24) is 5.48 Å². The van der Waals surface area contributed by atoms with Gasteiger partial charge in [-0.2, -0.15) is 0 Å². The van der Waals surface area contributed by atoms with Gasteiger partial charge in [0.05, 0.1) is 5.60 Å². The van der Waals surface area contributed by atoms with E-state index in [2.05, 4.69) is 19.3 Å². The van der Waals surface area contributed by atoms with Gasteiger partial charge in [0, 0.05) is 0 Å². The zero-order valence-electron chi connectivity index (χ0n) is 12.3. The minimum Gasteiger partial charge on any atom is -0.484 e. The minimum atomic E-state index is -0.410. The van der Waals surface area contributed by atoms with E-state index in [4.69, 9.17) is 9.57 Å². The van der Waals surface area contributed by atoms with Crippen molar-refractivity contribution in [2.24, 2.45) is 0 Å². The average Bonchev–Trinajstić information content (AvgIpc) is 2.33. The topological polar surface area (TPSA) is 47.6 Å². The monoisotopic (exact) mass is 265 g/mol. The first-order chi connectivity index (χ1) is 8.78. The highest BCUT2D eigenvalue weighted by Gasteiger charge is 2.13. The molecule has 106 valence electrons. The molecular weight excluding hydrogens is 242 g/mol. The summed E-state index contributed by atoms with van der Waals surface area (Å²) in [7, 11) is 0. The molecule has 0 fully saturated rings. The molecule has 1 aromatic rings. The van der Waals surface area contributed by atoms with Crippen molar-refractivity contribution in [2.45, 2.75) is 46.1 Å². The molecule has 0 aliphatic rings. The van der Waals surface area contributed by atoms with E-state index in [0.717, 1.165) is 0 Å². The Hall–Kier alpha value is -1.55. The Labute approximate surface area is 115 Å². The van der Waals surface area contributed by atoms with Crippen molar-refractivity contribution >= 4 is 5.91 Å². The number of benzene rings is 1. The summed E-state index contributed by atoms with van der Waals surface area (Å²) in [5.41, 5.74) is 3.14. The number of hydroxylamine groups is 1. The molecule has 0 aliphatic heterocycles.